The summed E-state index contributed by atoms with van der Waals surface area (Å²) in [6, 6.07) is 1.83. The Hall–Kier alpha value is -2.94. The van der Waals surface area contributed by atoms with Crippen molar-refractivity contribution in [1.82, 2.24) is 0 Å². The van der Waals surface area contributed by atoms with Gasteiger partial charge in [0.05, 0.1) is 12.2 Å². The van der Waals surface area contributed by atoms with E-state index in [9.17, 15) is 19.2 Å². The van der Waals surface area contributed by atoms with E-state index in [4.69, 9.17) is 13.9 Å². The number of fused-ring (bicyclic) bond motifs is 1. The zero-order chi connectivity index (χ0) is 21.8. The topological polar surface area (TPSA) is 112 Å². The van der Waals surface area contributed by atoms with Gasteiger partial charge in [-0.15, -0.1) is 11.3 Å². The van der Waals surface area contributed by atoms with Gasteiger partial charge in [0.1, 0.15) is 16.2 Å². The van der Waals surface area contributed by atoms with Gasteiger partial charge in [-0.1, -0.05) is 0 Å². The minimum atomic E-state index is -0.781. The Labute approximate surface area is 177 Å². The molecule has 1 N–H and O–H groups in total. The number of carbonyl (C=O) groups is 4. The van der Waals surface area contributed by atoms with Crippen molar-refractivity contribution in [2.75, 3.05) is 18.5 Å². The second-order valence-electron chi connectivity index (χ2n) is 6.90. The fraction of sp³-hybridized carbons (Fsp3) is 0.429. The Morgan fingerprint density at radius 1 is 1.10 bits per heavy atom. The summed E-state index contributed by atoms with van der Waals surface area (Å²) in [5.41, 5.74) is 1.07. The van der Waals surface area contributed by atoms with Gasteiger partial charge < -0.3 is 13.9 Å². The molecule has 0 aliphatic heterocycles. The van der Waals surface area contributed by atoms with Crippen LogP contribution in [0.15, 0.2) is 10.5 Å². The van der Waals surface area contributed by atoms with Gasteiger partial charge in [0.25, 0.3) is 5.91 Å². The van der Waals surface area contributed by atoms with Gasteiger partial charge in [0.15, 0.2) is 12.4 Å². The maximum atomic E-state index is 12.3. The van der Waals surface area contributed by atoms with Crippen LogP contribution in [0.3, 0.4) is 0 Å². The van der Waals surface area contributed by atoms with Crippen LogP contribution in [-0.4, -0.2) is 36.8 Å². The lowest BCUT2D eigenvalue weighted by Gasteiger charge is -2.08. The molecule has 8 nitrogen and oxygen atoms in total. The van der Waals surface area contributed by atoms with Crippen molar-refractivity contribution in [2.24, 2.45) is 0 Å². The van der Waals surface area contributed by atoms with Gasteiger partial charge in [0, 0.05) is 4.88 Å². The molecule has 0 spiro atoms. The average Bonchev–Trinajstić information content (AvgIpc) is 3.27. The van der Waals surface area contributed by atoms with Crippen LogP contribution in [0.4, 0.5) is 5.88 Å². The van der Waals surface area contributed by atoms with Gasteiger partial charge in [-0.3, -0.25) is 14.9 Å². The van der Waals surface area contributed by atoms with E-state index in [0.29, 0.717) is 4.88 Å². The largest absolute Gasteiger partial charge is 0.462 e. The molecule has 0 unspecified atom stereocenters. The lowest BCUT2D eigenvalue weighted by Crippen LogP contribution is -2.22. The van der Waals surface area contributed by atoms with Gasteiger partial charge in [-0.2, -0.15) is 0 Å². The molecule has 1 aliphatic rings. The number of carbonyl (C=O) groups excluding carboxylic acids is 4. The molecule has 0 aromatic carbocycles. The van der Waals surface area contributed by atoms with Crippen LogP contribution >= 0.6 is 11.3 Å². The van der Waals surface area contributed by atoms with Crippen LogP contribution in [0.25, 0.3) is 0 Å². The summed E-state index contributed by atoms with van der Waals surface area (Å²) in [6.07, 6.45) is 4.12. The van der Waals surface area contributed by atoms with Gasteiger partial charge in [-0.25, -0.2) is 9.59 Å². The Kier molecular flexibility index (Phi) is 6.71. The predicted molar refractivity (Wildman–Crippen MR) is 109 cm³/mol. The minimum Gasteiger partial charge on any atom is -0.462 e. The number of amides is 1. The van der Waals surface area contributed by atoms with E-state index in [2.05, 4.69) is 5.32 Å². The van der Waals surface area contributed by atoms with Gasteiger partial charge in [-0.05, 0) is 58.1 Å². The Morgan fingerprint density at radius 2 is 1.83 bits per heavy atom. The summed E-state index contributed by atoms with van der Waals surface area (Å²) in [7, 11) is 0. The third-order valence-electron chi connectivity index (χ3n) is 4.70. The monoisotopic (exact) mass is 433 g/mol. The van der Waals surface area contributed by atoms with E-state index in [-0.39, 0.29) is 29.4 Å². The Morgan fingerprint density at radius 3 is 2.50 bits per heavy atom. The average molecular weight is 433 g/mol. The van der Waals surface area contributed by atoms with Crippen molar-refractivity contribution in [3.63, 3.8) is 0 Å². The molecule has 0 fully saturated rings. The molecule has 2 heterocycles. The van der Waals surface area contributed by atoms with Crippen molar-refractivity contribution in [3.05, 3.63) is 38.3 Å². The first-order valence-electron chi connectivity index (χ1n) is 9.71. The van der Waals surface area contributed by atoms with Crippen LogP contribution in [0.5, 0.6) is 0 Å². The van der Waals surface area contributed by atoms with E-state index in [0.717, 1.165) is 25.7 Å². The van der Waals surface area contributed by atoms with Crippen LogP contribution in [0.2, 0.25) is 0 Å². The predicted octanol–water partition coefficient (Wildman–Crippen LogP) is 3.70. The fourth-order valence-corrected chi connectivity index (χ4v) is 4.56. The number of nitrogens with one attached hydrogen (secondary N) is 1. The summed E-state index contributed by atoms with van der Waals surface area (Å²) in [4.78, 5) is 50.4. The molecule has 1 aliphatic carbocycles. The van der Waals surface area contributed by atoms with Crippen molar-refractivity contribution >= 4 is 40.9 Å². The standard InChI is InChI=1S/C21H23NO7S/c1-4-27-21(26)18-17(11(2)23)12(3)29-19(18)22-16(24)10-28-20(25)15-9-13-7-5-6-8-14(13)30-15/h9H,4-8,10H2,1-3H3,(H,22,24). The van der Waals surface area contributed by atoms with E-state index < -0.39 is 30.2 Å². The second kappa shape index (κ2) is 9.25. The third-order valence-corrected chi connectivity index (χ3v) is 5.92. The van der Waals surface area contributed by atoms with E-state index >= 15 is 0 Å². The highest BCUT2D eigenvalue weighted by atomic mass is 32.1. The first kappa shape index (κ1) is 21.8. The first-order valence-corrected chi connectivity index (χ1v) is 10.5. The van der Waals surface area contributed by atoms with Gasteiger partial charge in [0.2, 0.25) is 5.88 Å². The maximum Gasteiger partial charge on any atom is 0.348 e. The van der Waals surface area contributed by atoms with Crippen molar-refractivity contribution in [2.45, 2.75) is 46.5 Å². The lowest BCUT2D eigenvalue weighted by molar-refractivity contribution is -0.119. The van der Waals surface area contributed by atoms with Crippen molar-refractivity contribution in [1.29, 1.82) is 0 Å². The zero-order valence-corrected chi connectivity index (χ0v) is 17.9. The number of furan rings is 1. The van der Waals surface area contributed by atoms with Crippen LogP contribution < -0.4 is 5.32 Å². The molecule has 1 amide bonds. The molecule has 160 valence electrons. The number of hydrogen-bond donors (Lipinski definition) is 1. The molecule has 9 heteroatoms. The molecular formula is C21H23NO7S. The quantitative estimate of drug-likeness (QED) is 0.523. The normalized spacial score (nSPS) is 12.8. The van der Waals surface area contributed by atoms with E-state index in [1.165, 1.54) is 35.6 Å². The lowest BCUT2D eigenvalue weighted by atomic mass is 9.99. The summed E-state index contributed by atoms with van der Waals surface area (Å²) in [5, 5.41) is 2.39. The smallest absolute Gasteiger partial charge is 0.348 e. The number of thiophene rings is 1. The molecule has 0 bridgehead atoms. The van der Waals surface area contributed by atoms with Crippen LogP contribution in [0, 0.1) is 6.92 Å². The molecule has 0 saturated heterocycles. The zero-order valence-electron chi connectivity index (χ0n) is 17.1. The van der Waals surface area contributed by atoms with Crippen LogP contribution in [-0.2, 0) is 27.1 Å². The Bertz CT molecular complexity index is 978. The second-order valence-corrected chi connectivity index (χ2v) is 8.04. The molecule has 0 saturated carbocycles. The van der Waals surface area contributed by atoms with E-state index in [1.807, 2.05) is 6.07 Å². The molecule has 30 heavy (non-hydrogen) atoms. The fourth-order valence-electron chi connectivity index (χ4n) is 3.41. The first-order chi connectivity index (χ1) is 14.3. The number of esters is 2. The number of aryl methyl sites for hydroxylation is 3. The molecular weight excluding hydrogens is 410 g/mol. The number of rotatable bonds is 7. The number of ether oxygens (including phenoxy) is 2. The number of anilines is 1. The van der Waals surface area contributed by atoms with E-state index in [1.54, 1.807) is 6.92 Å². The Balaban J connectivity index is 1.68. The summed E-state index contributed by atoms with van der Waals surface area (Å²) in [5.74, 6) is -2.47. The van der Waals surface area contributed by atoms with Crippen molar-refractivity contribution in [3.8, 4) is 0 Å². The third kappa shape index (κ3) is 4.62. The highest BCUT2D eigenvalue weighted by Gasteiger charge is 2.29. The summed E-state index contributed by atoms with van der Waals surface area (Å²) < 4.78 is 15.5. The molecule has 0 atom stereocenters. The molecule has 2 aromatic rings. The number of hydrogen-bond acceptors (Lipinski definition) is 8. The SMILES string of the molecule is CCOC(=O)c1c(NC(=O)COC(=O)c2cc3c(s2)CCCC3)oc(C)c1C(C)=O. The molecule has 3 rings (SSSR count). The number of Topliss-reactive ketones (excluding diaryl/α,β-unsaturated/α-hetero) is 1. The maximum absolute atomic E-state index is 12.3. The van der Waals surface area contributed by atoms with Crippen LogP contribution in [0.1, 0.15) is 73.3 Å². The molecule has 0 radical (unpaired) electrons. The highest BCUT2D eigenvalue weighted by molar-refractivity contribution is 7.14. The molecule has 2 aromatic heterocycles. The van der Waals surface area contributed by atoms with Crippen molar-refractivity contribution < 1.29 is 33.1 Å². The van der Waals surface area contributed by atoms with Gasteiger partial charge >= 0.3 is 11.9 Å². The minimum absolute atomic E-state index is 0.0462. The summed E-state index contributed by atoms with van der Waals surface area (Å²) in [6.45, 7) is 3.95. The number of ketones is 1. The highest BCUT2D eigenvalue weighted by Crippen LogP contribution is 2.30. The summed E-state index contributed by atoms with van der Waals surface area (Å²) >= 11 is 1.40.